The Morgan fingerprint density at radius 2 is 1.48 bits per heavy atom. The van der Waals surface area contributed by atoms with Crippen LogP contribution in [0.15, 0.2) is 78.9 Å². The second-order valence-electron chi connectivity index (χ2n) is 7.34. The zero-order chi connectivity index (χ0) is 22.1. The van der Waals surface area contributed by atoms with Crippen LogP contribution in [0.25, 0.3) is 0 Å². The highest BCUT2D eigenvalue weighted by Gasteiger charge is 2.07. The first-order chi connectivity index (χ1) is 15.0. The molecule has 3 N–H and O–H groups in total. The van der Waals surface area contributed by atoms with Gasteiger partial charge in [0.15, 0.2) is 0 Å². The highest BCUT2D eigenvalue weighted by Crippen LogP contribution is 2.17. The third kappa shape index (κ3) is 7.19. The zero-order valence-corrected chi connectivity index (χ0v) is 17.7. The van der Waals surface area contributed by atoms with Crippen molar-refractivity contribution in [3.63, 3.8) is 0 Å². The molecule has 3 aromatic rings. The van der Waals surface area contributed by atoms with E-state index in [2.05, 4.69) is 16.0 Å². The zero-order valence-electron chi connectivity index (χ0n) is 17.7. The first kappa shape index (κ1) is 21.9. The number of carbonyl (C=O) groups excluding carboxylic acids is 2. The van der Waals surface area contributed by atoms with Crippen LogP contribution in [0.4, 0.5) is 11.4 Å². The summed E-state index contributed by atoms with van der Waals surface area (Å²) in [5.74, 6) is 0.454. The van der Waals surface area contributed by atoms with Crippen LogP contribution in [-0.4, -0.2) is 24.5 Å². The van der Waals surface area contributed by atoms with Crippen LogP contribution in [0.1, 0.15) is 29.8 Å². The molecule has 3 rings (SSSR count). The summed E-state index contributed by atoms with van der Waals surface area (Å²) in [5, 5.41) is 8.77. The number of benzene rings is 3. The van der Waals surface area contributed by atoms with Gasteiger partial charge in [0.05, 0.1) is 12.6 Å². The molecule has 0 saturated heterocycles. The molecule has 0 bridgehead atoms. The van der Waals surface area contributed by atoms with Gasteiger partial charge in [0.25, 0.3) is 5.91 Å². The van der Waals surface area contributed by atoms with Crippen molar-refractivity contribution in [2.24, 2.45) is 0 Å². The minimum Gasteiger partial charge on any atom is -0.491 e. The second-order valence-corrected chi connectivity index (χ2v) is 7.34. The molecule has 6 nitrogen and oxygen atoms in total. The monoisotopic (exact) mass is 417 g/mol. The van der Waals surface area contributed by atoms with Gasteiger partial charge in [-0.1, -0.05) is 30.3 Å². The van der Waals surface area contributed by atoms with Crippen molar-refractivity contribution in [1.29, 1.82) is 0 Å². The summed E-state index contributed by atoms with van der Waals surface area (Å²) in [4.78, 5) is 24.5. The molecular formula is C25H27N3O3. The highest BCUT2D eigenvalue weighted by molar-refractivity contribution is 5.96. The van der Waals surface area contributed by atoms with Crippen LogP contribution >= 0.6 is 0 Å². The van der Waals surface area contributed by atoms with Crippen LogP contribution in [0.3, 0.4) is 0 Å². The van der Waals surface area contributed by atoms with Crippen molar-refractivity contribution in [1.82, 2.24) is 5.32 Å². The number of rotatable bonds is 9. The lowest BCUT2D eigenvalue weighted by molar-refractivity contribution is -0.114. The Hall–Kier alpha value is -3.80. The maximum absolute atomic E-state index is 12.3. The number of ether oxygens (including phenoxy) is 1. The lowest BCUT2D eigenvalue weighted by Crippen LogP contribution is -2.23. The molecule has 0 saturated carbocycles. The van der Waals surface area contributed by atoms with E-state index in [9.17, 15) is 9.59 Å². The molecule has 0 aromatic heterocycles. The molecule has 2 amide bonds. The van der Waals surface area contributed by atoms with Gasteiger partial charge in [-0.2, -0.15) is 0 Å². The first-order valence-corrected chi connectivity index (χ1v) is 10.2. The van der Waals surface area contributed by atoms with Gasteiger partial charge in [-0.05, 0) is 67.9 Å². The van der Waals surface area contributed by atoms with E-state index in [1.807, 2.05) is 68.4 Å². The molecule has 0 radical (unpaired) electrons. The number of amides is 2. The van der Waals surface area contributed by atoms with Gasteiger partial charge in [0, 0.05) is 23.5 Å². The van der Waals surface area contributed by atoms with Gasteiger partial charge >= 0.3 is 0 Å². The lowest BCUT2D eigenvalue weighted by Gasteiger charge is -2.11. The molecule has 0 aliphatic heterocycles. The molecule has 0 aliphatic carbocycles. The largest absolute Gasteiger partial charge is 0.491 e. The van der Waals surface area contributed by atoms with Crippen molar-refractivity contribution in [3.8, 4) is 5.75 Å². The Bertz CT molecular complexity index is 985. The Kier molecular flexibility index (Phi) is 7.65. The van der Waals surface area contributed by atoms with E-state index in [1.54, 1.807) is 24.3 Å². The summed E-state index contributed by atoms with van der Waals surface area (Å²) in [6.45, 7) is 4.54. The topological polar surface area (TPSA) is 79.5 Å². The summed E-state index contributed by atoms with van der Waals surface area (Å²) in [5.41, 5.74) is 3.04. The van der Waals surface area contributed by atoms with E-state index in [1.165, 1.54) is 0 Å². The number of anilines is 2. The molecule has 3 aromatic carbocycles. The van der Waals surface area contributed by atoms with Crippen LogP contribution in [0, 0.1) is 0 Å². The minimum absolute atomic E-state index is 0.117. The van der Waals surface area contributed by atoms with Gasteiger partial charge in [0.2, 0.25) is 5.91 Å². The van der Waals surface area contributed by atoms with E-state index in [-0.39, 0.29) is 24.5 Å². The quantitative estimate of drug-likeness (QED) is 0.480. The van der Waals surface area contributed by atoms with E-state index in [0.717, 1.165) is 17.0 Å². The number of nitrogens with one attached hydrogen (secondary N) is 3. The predicted octanol–water partition coefficient (Wildman–Crippen LogP) is 4.45. The Morgan fingerprint density at radius 1 is 0.839 bits per heavy atom. The van der Waals surface area contributed by atoms with Gasteiger partial charge in [-0.15, -0.1) is 0 Å². The van der Waals surface area contributed by atoms with Crippen molar-refractivity contribution >= 4 is 23.2 Å². The molecule has 0 unspecified atom stereocenters. The molecular weight excluding hydrogens is 390 g/mol. The lowest BCUT2D eigenvalue weighted by atomic mass is 10.1. The summed E-state index contributed by atoms with van der Waals surface area (Å²) in [6, 6.07) is 24.0. The van der Waals surface area contributed by atoms with Gasteiger partial charge in [-0.3, -0.25) is 9.59 Å². The van der Waals surface area contributed by atoms with Crippen molar-refractivity contribution in [3.05, 3.63) is 90.0 Å². The molecule has 0 heterocycles. The predicted molar refractivity (Wildman–Crippen MR) is 123 cm³/mol. The fourth-order valence-electron chi connectivity index (χ4n) is 2.90. The van der Waals surface area contributed by atoms with E-state index in [0.29, 0.717) is 17.8 Å². The average Bonchev–Trinajstić information content (AvgIpc) is 2.78. The molecule has 0 fully saturated rings. The molecule has 160 valence electrons. The molecule has 0 atom stereocenters. The number of carbonyl (C=O) groups is 2. The highest BCUT2D eigenvalue weighted by atomic mass is 16.5. The van der Waals surface area contributed by atoms with Gasteiger partial charge < -0.3 is 20.7 Å². The normalized spacial score (nSPS) is 10.4. The SMILES string of the molecule is CC(C)Oc1ccc(NCC(=O)Nc2ccc(C(=O)NCc3ccccc3)cc2)cc1. The summed E-state index contributed by atoms with van der Waals surface area (Å²) in [6.07, 6.45) is 0.117. The van der Waals surface area contributed by atoms with Crippen LogP contribution in [0.2, 0.25) is 0 Å². The Balaban J connectivity index is 1.44. The second kappa shape index (κ2) is 10.8. The smallest absolute Gasteiger partial charge is 0.251 e. The van der Waals surface area contributed by atoms with Gasteiger partial charge in [0.1, 0.15) is 5.75 Å². The van der Waals surface area contributed by atoms with Crippen LogP contribution in [0.5, 0.6) is 5.75 Å². The average molecular weight is 418 g/mol. The number of hydrogen-bond acceptors (Lipinski definition) is 4. The maximum Gasteiger partial charge on any atom is 0.251 e. The maximum atomic E-state index is 12.3. The van der Waals surface area contributed by atoms with E-state index in [4.69, 9.17) is 4.74 Å². The number of hydrogen-bond donors (Lipinski definition) is 3. The van der Waals surface area contributed by atoms with Crippen molar-refractivity contribution in [2.75, 3.05) is 17.2 Å². The van der Waals surface area contributed by atoms with E-state index >= 15 is 0 Å². The molecule has 31 heavy (non-hydrogen) atoms. The molecule has 6 heteroatoms. The fraction of sp³-hybridized carbons (Fsp3) is 0.200. The Labute approximate surface area is 182 Å². The minimum atomic E-state index is -0.177. The first-order valence-electron chi connectivity index (χ1n) is 10.2. The van der Waals surface area contributed by atoms with E-state index < -0.39 is 0 Å². The standard InChI is InChI=1S/C25H27N3O3/c1-18(2)31-23-14-12-21(13-15-23)26-17-24(29)28-22-10-8-20(9-11-22)25(30)27-16-19-6-4-3-5-7-19/h3-15,18,26H,16-17H2,1-2H3,(H,27,30)(H,28,29). The molecule has 0 spiro atoms. The van der Waals surface area contributed by atoms with Crippen LogP contribution < -0.4 is 20.7 Å². The molecule has 0 aliphatic rings. The van der Waals surface area contributed by atoms with Gasteiger partial charge in [-0.25, -0.2) is 0 Å². The van der Waals surface area contributed by atoms with Crippen LogP contribution in [-0.2, 0) is 11.3 Å². The summed E-state index contributed by atoms with van der Waals surface area (Å²) >= 11 is 0. The summed E-state index contributed by atoms with van der Waals surface area (Å²) < 4.78 is 5.60. The van der Waals surface area contributed by atoms with Crippen molar-refractivity contribution in [2.45, 2.75) is 26.5 Å². The van der Waals surface area contributed by atoms with Crippen molar-refractivity contribution < 1.29 is 14.3 Å². The fourth-order valence-corrected chi connectivity index (χ4v) is 2.90. The third-order valence-corrected chi connectivity index (χ3v) is 4.41. The third-order valence-electron chi connectivity index (χ3n) is 4.41. The summed E-state index contributed by atoms with van der Waals surface area (Å²) in [7, 11) is 0. The Morgan fingerprint density at radius 3 is 2.13 bits per heavy atom.